The van der Waals surface area contributed by atoms with Crippen molar-refractivity contribution < 1.29 is 19.1 Å². The van der Waals surface area contributed by atoms with Gasteiger partial charge in [0.25, 0.3) is 0 Å². The molecule has 0 aromatic carbocycles. The summed E-state index contributed by atoms with van der Waals surface area (Å²) in [4.78, 5) is 52.1. The summed E-state index contributed by atoms with van der Waals surface area (Å²) in [5.41, 5.74) is 3.74. The van der Waals surface area contributed by atoms with Crippen molar-refractivity contribution >= 4 is 35.0 Å². The molecule has 1 aliphatic heterocycles. The Morgan fingerprint density at radius 2 is 2.05 bits per heavy atom. The van der Waals surface area contributed by atoms with Crippen molar-refractivity contribution in [3.05, 3.63) is 65.8 Å². The van der Waals surface area contributed by atoms with Crippen molar-refractivity contribution in [3.63, 3.8) is 0 Å². The molecule has 0 bridgehead atoms. The molecule has 3 atom stereocenters. The van der Waals surface area contributed by atoms with Gasteiger partial charge in [0.15, 0.2) is 11.5 Å². The van der Waals surface area contributed by atoms with Crippen LogP contribution in [-0.4, -0.2) is 53.9 Å². The van der Waals surface area contributed by atoms with Gasteiger partial charge < -0.3 is 14.5 Å². The van der Waals surface area contributed by atoms with E-state index in [2.05, 4.69) is 30.8 Å². The van der Waals surface area contributed by atoms with Crippen LogP contribution in [0.2, 0.25) is 0 Å². The quantitative estimate of drug-likeness (QED) is 0.313. The molecule has 3 fully saturated rings. The van der Waals surface area contributed by atoms with Gasteiger partial charge in [-0.15, -0.1) is 5.10 Å². The zero-order valence-corrected chi connectivity index (χ0v) is 22.4. The third-order valence-electron chi connectivity index (χ3n) is 7.59. The minimum atomic E-state index is -0.486. The van der Waals surface area contributed by atoms with Gasteiger partial charge in [0, 0.05) is 42.2 Å². The maximum Gasteiger partial charge on any atom is 0.329 e. The number of imide groups is 1. The predicted molar refractivity (Wildman–Crippen MR) is 145 cm³/mol. The van der Waals surface area contributed by atoms with Gasteiger partial charge in [-0.3, -0.25) is 19.8 Å². The summed E-state index contributed by atoms with van der Waals surface area (Å²) in [6.07, 6.45) is 9.44. The summed E-state index contributed by atoms with van der Waals surface area (Å²) < 4.78 is 8.01. The molecule has 0 radical (unpaired) electrons. The molecule has 0 spiro atoms. The van der Waals surface area contributed by atoms with E-state index in [1.54, 1.807) is 12.3 Å². The number of hydrogen-bond donors (Lipinski definition) is 2. The number of amides is 4. The molecule has 3 unspecified atom stereocenters. The van der Waals surface area contributed by atoms with E-state index >= 15 is 0 Å². The second-order valence-corrected chi connectivity index (χ2v) is 10.8. The average Bonchev–Trinajstić information content (AvgIpc) is 3.86. The van der Waals surface area contributed by atoms with Crippen molar-refractivity contribution in [2.75, 3.05) is 16.8 Å². The van der Waals surface area contributed by atoms with Gasteiger partial charge >= 0.3 is 6.03 Å². The molecule has 4 aromatic heterocycles. The normalized spacial score (nSPS) is 20.7. The van der Waals surface area contributed by atoms with Crippen LogP contribution in [0.4, 0.5) is 16.3 Å². The number of anilines is 2. The molecular weight excluding hydrogens is 526 g/mol. The molecule has 3 aliphatic rings. The lowest BCUT2D eigenvalue weighted by Crippen LogP contribution is -2.28. The molecule has 2 saturated carbocycles. The maximum atomic E-state index is 12.8. The van der Waals surface area contributed by atoms with E-state index < -0.39 is 12.1 Å². The molecule has 4 aromatic rings. The van der Waals surface area contributed by atoms with E-state index in [9.17, 15) is 14.4 Å². The first kappa shape index (κ1) is 25.1. The van der Waals surface area contributed by atoms with Crippen molar-refractivity contribution in [3.8, 4) is 5.75 Å². The van der Waals surface area contributed by atoms with Crippen LogP contribution < -0.4 is 20.3 Å². The maximum absolute atomic E-state index is 12.8. The highest BCUT2D eigenvalue weighted by atomic mass is 16.5. The molecule has 5 heterocycles. The van der Waals surface area contributed by atoms with Crippen LogP contribution in [0.5, 0.6) is 5.75 Å². The molecule has 4 amide bonds. The van der Waals surface area contributed by atoms with Crippen LogP contribution in [0.25, 0.3) is 5.65 Å². The van der Waals surface area contributed by atoms with Crippen molar-refractivity contribution in [2.45, 2.75) is 51.0 Å². The lowest BCUT2D eigenvalue weighted by atomic mass is 10.1. The monoisotopic (exact) mass is 553 g/mol. The number of aryl methyl sites for hydroxylation is 1. The smallest absolute Gasteiger partial charge is 0.329 e. The summed E-state index contributed by atoms with van der Waals surface area (Å²) in [5.74, 6) is 1.08. The molecule has 208 valence electrons. The number of imidazole rings is 1. The Balaban J connectivity index is 1.07. The molecule has 2 N–H and O–H groups in total. The zero-order chi connectivity index (χ0) is 28.2. The predicted octanol–water partition coefficient (Wildman–Crippen LogP) is 3.04. The fourth-order valence-electron chi connectivity index (χ4n) is 5.17. The molecular formula is C28H27N9O4. The van der Waals surface area contributed by atoms with E-state index in [-0.39, 0.29) is 36.0 Å². The number of nitrogens with one attached hydrogen (secondary N) is 2. The Labute approximate surface area is 234 Å². The molecule has 41 heavy (non-hydrogen) atoms. The lowest BCUT2D eigenvalue weighted by molar-refractivity contribution is -0.118. The van der Waals surface area contributed by atoms with Crippen LogP contribution in [0.3, 0.4) is 0 Å². The lowest BCUT2D eigenvalue weighted by Gasteiger charge is -2.16. The van der Waals surface area contributed by atoms with Crippen LogP contribution in [0.15, 0.2) is 43.0 Å². The Morgan fingerprint density at radius 1 is 1.20 bits per heavy atom. The Kier molecular flexibility index (Phi) is 5.87. The van der Waals surface area contributed by atoms with E-state index in [4.69, 9.17) is 9.72 Å². The molecule has 13 heteroatoms. The van der Waals surface area contributed by atoms with Crippen LogP contribution >= 0.6 is 0 Å². The van der Waals surface area contributed by atoms with E-state index in [1.807, 2.05) is 42.8 Å². The van der Waals surface area contributed by atoms with Crippen LogP contribution in [0.1, 0.15) is 66.9 Å². The Bertz CT molecular complexity index is 1720. The summed E-state index contributed by atoms with van der Waals surface area (Å²) >= 11 is 0. The average molecular weight is 554 g/mol. The first-order valence-electron chi connectivity index (χ1n) is 13.6. The largest absolute Gasteiger partial charge is 0.483 e. The van der Waals surface area contributed by atoms with Gasteiger partial charge in [0.05, 0.1) is 17.6 Å². The van der Waals surface area contributed by atoms with E-state index in [1.165, 1.54) is 11.1 Å². The summed E-state index contributed by atoms with van der Waals surface area (Å²) in [6, 6.07) is 4.94. The van der Waals surface area contributed by atoms with Crippen LogP contribution in [-0.2, 0) is 9.59 Å². The topological polar surface area (TPSA) is 157 Å². The summed E-state index contributed by atoms with van der Waals surface area (Å²) in [6.45, 7) is 3.70. The fraction of sp³-hybridized carbons (Fsp3) is 0.357. The number of urea groups is 1. The SMILES string of the molecule is Cc1ccnc(C2CC2C(=O)Nc2cc(OC(C)c3cn4cc(C5CC5)cc(N5CC(=O)NC5=O)c4n3)cnn2)n1. The fourth-order valence-corrected chi connectivity index (χ4v) is 5.17. The number of carbonyl (C=O) groups is 3. The second-order valence-electron chi connectivity index (χ2n) is 10.8. The third-order valence-corrected chi connectivity index (χ3v) is 7.59. The summed E-state index contributed by atoms with van der Waals surface area (Å²) in [7, 11) is 0. The van der Waals surface area contributed by atoms with Gasteiger partial charge in [0.1, 0.15) is 24.2 Å². The number of ether oxygens (including phenoxy) is 1. The molecule has 1 saturated heterocycles. The summed E-state index contributed by atoms with van der Waals surface area (Å²) in [5, 5.41) is 13.2. The Hall–Kier alpha value is -4.94. The molecule has 7 rings (SSSR count). The van der Waals surface area contributed by atoms with Crippen LogP contribution in [0, 0.1) is 12.8 Å². The second kappa shape index (κ2) is 9.61. The first-order valence-corrected chi connectivity index (χ1v) is 13.6. The van der Waals surface area contributed by atoms with Crippen molar-refractivity contribution in [2.24, 2.45) is 5.92 Å². The number of nitrogens with zero attached hydrogens (tertiary/aromatic N) is 7. The van der Waals surface area contributed by atoms with Gasteiger partial charge in [-0.05, 0) is 56.7 Å². The van der Waals surface area contributed by atoms with E-state index in [0.717, 1.165) is 24.1 Å². The van der Waals surface area contributed by atoms with E-state index in [0.29, 0.717) is 40.9 Å². The standard InChI is InChI=1S/C28H27N9O4/c1-14-5-6-29-25(31-14)19-9-20(19)27(39)33-23-8-18(10-30-35-23)41-15(2)21-12-36-11-17(16-3-4-16)7-22(26(36)32-21)37-13-24(38)34-28(37)40/h5-8,10-12,15-16,19-20H,3-4,9,13H2,1-2H3,(H,33,35,39)(H,34,38,40). The first-order chi connectivity index (χ1) is 19.8. The highest BCUT2D eigenvalue weighted by molar-refractivity contribution is 6.13. The number of carbonyl (C=O) groups excluding carboxylic acids is 3. The number of pyridine rings is 1. The number of hydrogen-bond acceptors (Lipinski definition) is 9. The van der Waals surface area contributed by atoms with Gasteiger partial charge in [-0.1, -0.05) is 0 Å². The van der Waals surface area contributed by atoms with Gasteiger partial charge in [0.2, 0.25) is 11.8 Å². The molecule has 2 aliphatic carbocycles. The minimum Gasteiger partial charge on any atom is -0.483 e. The zero-order valence-electron chi connectivity index (χ0n) is 22.4. The van der Waals surface area contributed by atoms with Crippen molar-refractivity contribution in [1.29, 1.82) is 0 Å². The van der Waals surface area contributed by atoms with Gasteiger partial charge in [-0.2, -0.15) is 5.10 Å². The number of aromatic nitrogens is 6. The minimum absolute atomic E-state index is 0.00700. The Morgan fingerprint density at radius 3 is 2.80 bits per heavy atom. The highest BCUT2D eigenvalue weighted by Crippen LogP contribution is 2.46. The third kappa shape index (κ3) is 4.94. The number of rotatable bonds is 8. The van der Waals surface area contributed by atoms with Crippen molar-refractivity contribution in [1.82, 2.24) is 34.9 Å². The van der Waals surface area contributed by atoms with Gasteiger partial charge in [-0.25, -0.2) is 19.7 Å². The molecule has 13 nitrogen and oxygen atoms in total. The number of fused-ring (bicyclic) bond motifs is 1. The highest BCUT2D eigenvalue weighted by Gasteiger charge is 2.46.